The molecule has 1 heterocycles. The molecule has 1 saturated carbocycles. The fourth-order valence-electron chi connectivity index (χ4n) is 3.02. The van der Waals surface area contributed by atoms with Crippen LogP contribution in [0.15, 0.2) is 22.7 Å². The van der Waals surface area contributed by atoms with Gasteiger partial charge in [-0.25, -0.2) is 4.39 Å². The van der Waals surface area contributed by atoms with Crippen LogP contribution >= 0.6 is 15.9 Å². The molecule has 2 nitrogen and oxygen atoms in total. The number of rotatable bonds is 1. The minimum Gasteiger partial charge on any atom is -0.335 e. The minimum absolute atomic E-state index is 0.165. The fraction of sp³-hybridized carbons (Fsp3) is 0.462. The highest BCUT2D eigenvalue weighted by molar-refractivity contribution is 9.10. The highest BCUT2D eigenvalue weighted by Gasteiger charge is 2.41. The first-order valence-corrected chi connectivity index (χ1v) is 6.71. The van der Waals surface area contributed by atoms with E-state index in [1.807, 2.05) is 4.90 Å². The fourth-order valence-corrected chi connectivity index (χ4v) is 3.53. The van der Waals surface area contributed by atoms with E-state index in [4.69, 9.17) is 0 Å². The zero-order chi connectivity index (χ0) is 12.0. The van der Waals surface area contributed by atoms with Gasteiger partial charge in [-0.05, 0) is 53.2 Å². The maximum atomic E-state index is 13.7. The molecular weight excluding hydrogens is 285 g/mol. The molecule has 2 aliphatic rings. The lowest BCUT2D eigenvalue weighted by molar-refractivity contribution is 0.0698. The topological polar surface area (TPSA) is 20.3 Å². The lowest BCUT2D eigenvalue weighted by Gasteiger charge is -2.27. The van der Waals surface area contributed by atoms with Gasteiger partial charge < -0.3 is 4.90 Å². The van der Waals surface area contributed by atoms with Crippen LogP contribution in [-0.4, -0.2) is 23.4 Å². The second kappa shape index (κ2) is 4.09. The van der Waals surface area contributed by atoms with Gasteiger partial charge in [0.2, 0.25) is 0 Å². The number of likely N-dealkylation sites (tertiary alicyclic amines) is 1. The number of carbonyl (C=O) groups is 1. The van der Waals surface area contributed by atoms with Gasteiger partial charge >= 0.3 is 0 Å². The predicted octanol–water partition coefficient (Wildman–Crippen LogP) is 3.21. The van der Waals surface area contributed by atoms with E-state index < -0.39 is 5.82 Å². The van der Waals surface area contributed by atoms with Crippen LogP contribution in [0, 0.1) is 11.7 Å². The Bertz CT molecular complexity index is 456. The number of piperidine rings is 1. The Morgan fingerprint density at radius 1 is 1.41 bits per heavy atom. The Labute approximate surface area is 108 Å². The minimum atomic E-state index is -0.438. The van der Waals surface area contributed by atoms with Gasteiger partial charge in [-0.2, -0.15) is 0 Å². The van der Waals surface area contributed by atoms with Crippen molar-refractivity contribution in [1.29, 1.82) is 0 Å². The van der Waals surface area contributed by atoms with Crippen LogP contribution in [0.25, 0.3) is 0 Å². The molecule has 1 aliphatic carbocycles. The molecule has 17 heavy (non-hydrogen) atoms. The van der Waals surface area contributed by atoms with Crippen molar-refractivity contribution in [3.63, 3.8) is 0 Å². The number of hydrogen-bond donors (Lipinski definition) is 0. The molecule has 1 saturated heterocycles. The number of halogens is 2. The quantitative estimate of drug-likeness (QED) is 0.779. The summed E-state index contributed by atoms with van der Waals surface area (Å²) in [7, 11) is 0. The van der Waals surface area contributed by atoms with E-state index in [2.05, 4.69) is 15.9 Å². The molecule has 2 bridgehead atoms. The highest BCUT2D eigenvalue weighted by atomic mass is 79.9. The molecular formula is C13H13BrFNO. The molecule has 0 spiro atoms. The van der Waals surface area contributed by atoms with Crippen LogP contribution in [0.5, 0.6) is 0 Å². The molecule has 2 unspecified atom stereocenters. The summed E-state index contributed by atoms with van der Waals surface area (Å²) in [5, 5.41) is 0. The van der Waals surface area contributed by atoms with Crippen LogP contribution in [0.1, 0.15) is 29.6 Å². The first-order valence-electron chi connectivity index (χ1n) is 5.92. The standard InChI is InChI=1S/C13H13BrFNO/c14-10-2-1-3-11(15)12(10)13(17)16-7-8-4-5-9(16)6-8/h1-3,8-9H,4-7H2. The summed E-state index contributed by atoms with van der Waals surface area (Å²) < 4.78 is 14.3. The van der Waals surface area contributed by atoms with Crippen molar-refractivity contribution in [2.45, 2.75) is 25.3 Å². The van der Waals surface area contributed by atoms with Crippen molar-refractivity contribution in [3.8, 4) is 0 Å². The third kappa shape index (κ3) is 1.79. The summed E-state index contributed by atoms with van der Waals surface area (Å²) in [6.45, 7) is 0.796. The Kier molecular flexibility index (Phi) is 2.69. The maximum absolute atomic E-state index is 13.7. The Morgan fingerprint density at radius 2 is 2.24 bits per heavy atom. The van der Waals surface area contributed by atoms with E-state index in [1.54, 1.807) is 12.1 Å². The Hall–Kier alpha value is -0.900. The normalized spacial score (nSPS) is 26.6. The van der Waals surface area contributed by atoms with Crippen LogP contribution < -0.4 is 0 Å². The SMILES string of the molecule is O=C(c1c(F)cccc1Br)N1CC2CCC1C2. The molecule has 1 aromatic carbocycles. The van der Waals surface area contributed by atoms with Crippen LogP contribution in [0.4, 0.5) is 4.39 Å². The average molecular weight is 298 g/mol. The van der Waals surface area contributed by atoms with Crippen LogP contribution in [0.2, 0.25) is 0 Å². The third-order valence-corrected chi connectivity index (χ3v) is 4.51. The van der Waals surface area contributed by atoms with Crippen molar-refractivity contribution in [3.05, 3.63) is 34.1 Å². The van der Waals surface area contributed by atoms with Gasteiger partial charge in [0.25, 0.3) is 5.91 Å². The van der Waals surface area contributed by atoms with Crippen molar-refractivity contribution in [2.75, 3.05) is 6.54 Å². The number of carbonyl (C=O) groups excluding carboxylic acids is 1. The number of benzene rings is 1. The van der Waals surface area contributed by atoms with Gasteiger partial charge in [0, 0.05) is 17.1 Å². The van der Waals surface area contributed by atoms with E-state index in [-0.39, 0.29) is 11.5 Å². The molecule has 1 aromatic rings. The zero-order valence-corrected chi connectivity index (χ0v) is 10.9. The first kappa shape index (κ1) is 11.2. The van der Waals surface area contributed by atoms with Crippen molar-refractivity contribution < 1.29 is 9.18 Å². The molecule has 2 fully saturated rings. The van der Waals surface area contributed by atoms with Crippen molar-refractivity contribution in [1.82, 2.24) is 4.90 Å². The molecule has 90 valence electrons. The molecule has 0 radical (unpaired) electrons. The second-order valence-electron chi connectivity index (χ2n) is 4.89. The summed E-state index contributed by atoms with van der Waals surface area (Å²) in [4.78, 5) is 14.2. The maximum Gasteiger partial charge on any atom is 0.258 e. The largest absolute Gasteiger partial charge is 0.335 e. The van der Waals surface area contributed by atoms with Gasteiger partial charge in [-0.1, -0.05) is 6.07 Å². The highest BCUT2D eigenvalue weighted by Crippen LogP contribution is 2.38. The summed E-state index contributed by atoms with van der Waals surface area (Å²) in [5.74, 6) is 0.0313. The first-order chi connectivity index (χ1) is 8.16. The molecule has 0 N–H and O–H groups in total. The summed E-state index contributed by atoms with van der Waals surface area (Å²) in [6.07, 6.45) is 3.38. The number of hydrogen-bond acceptors (Lipinski definition) is 1. The molecule has 0 aromatic heterocycles. The van der Waals surface area contributed by atoms with E-state index in [0.29, 0.717) is 16.4 Å². The van der Waals surface area contributed by atoms with E-state index in [0.717, 1.165) is 19.4 Å². The van der Waals surface area contributed by atoms with E-state index in [9.17, 15) is 9.18 Å². The number of nitrogens with zero attached hydrogens (tertiary/aromatic N) is 1. The number of fused-ring (bicyclic) bond motifs is 2. The van der Waals surface area contributed by atoms with Crippen molar-refractivity contribution >= 4 is 21.8 Å². The van der Waals surface area contributed by atoms with Gasteiger partial charge in [0.1, 0.15) is 5.82 Å². The predicted molar refractivity (Wildman–Crippen MR) is 66.3 cm³/mol. The zero-order valence-electron chi connectivity index (χ0n) is 9.33. The van der Waals surface area contributed by atoms with Crippen LogP contribution in [-0.2, 0) is 0 Å². The lowest BCUT2D eigenvalue weighted by Crippen LogP contribution is -2.38. The second-order valence-corrected chi connectivity index (χ2v) is 5.74. The summed E-state index contributed by atoms with van der Waals surface area (Å²) >= 11 is 3.26. The van der Waals surface area contributed by atoms with Gasteiger partial charge in [-0.15, -0.1) is 0 Å². The number of amides is 1. The Morgan fingerprint density at radius 3 is 2.82 bits per heavy atom. The molecule has 1 aliphatic heterocycles. The smallest absolute Gasteiger partial charge is 0.258 e. The summed E-state index contributed by atoms with van der Waals surface area (Å²) in [5.41, 5.74) is 0.181. The van der Waals surface area contributed by atoms with Gasteiger partial charge in [0.15, 0.2) is 0 Å². The van der Waals surface area contributed by atoms with Crippen molar-refractivity contribution in [2.24, 2.45) is 5.92 Å². The van der Waals surface area contributed by atoms with Crippen LogP contribution in [0.3, 0.4) is 0 Å². The molecule has 1 amide bonds. The molecule has 2 atom stereocenters. The average Bonchev–Trinajstić information content (AvgIpc) is 2.90. The molecule has 4 heteroatoms. The Balaban J connectivity index is 1.92. The van der Waals surface area contributed by atoms with E-state index in [1.165, 1.54) is 12.5 Å². The lowest BCUT2D eigenvalue weighted by atomic mass is 10.1. The van der Waals surface area contributed by atoms with E-state index >= 15 is 0 Å². The summed E-state index contributed by atoms with van der Waals surface area (Å²) in [6, 6.07) is 4.99. The third-order valence-electron chi connectivity index (χ3n) is 3.85. The van der Waals surface area contributed by atoms with Gasteiger partial charge in [-0.3, -0.25) is 4.79 Å². The van der Waals surface area contributed by atoms with Gasteiger partial charge in [0.05, 0.1) is 5.56 Å². The molecule has 3 rings (SSSR count). The monoisotopic (exact) mass is 297 g/mol.